The number of fused-ring (bicyclic) bond motifs is 1. The highest BCUT2D eigenvalue weighted by Crippen LogP contribution is 2.35. The van der Waals surface area contributed by atoms with Gasteiger partial charge < -0.3 is 4.57 Å². The number of rotatable bonds is 5. The minimum Gasteiger partial charge on any atom is -0.340 e. The van der Waals surface area contributed by atoms with E-state index in [0.29, 0.717) is 17.0 Å². The number of nitrogens with zero attached hydrogens (tertiary/aromatic N) is 3. The SMILES string of the molecule is C=CCN1C(=O)S/C(=C/c2c(C)n(Cc3ccccc3C#N)c3ccccc23)C1=O. The van der Waals surface area contributed by atoms with Crippen LogP contribution in [0, 0.1) is 18.3 Å². The van der Waals surface area contributed by atoms with Crippen LogP contribution < -0.4 is 0 Å². The summed E-state index contributed by atoms with van der Waals surface area (Å²) in [5.41, 5.74) is 4.46. The Morgan fingerprint density at radius 2 is 1.87 bits per heavy atom. The van der Waals surface area contributed by atoms with Gasteiger partial charge in [-0.25, -0.2) is 0 Å². The number of imide groups is 1. The van der Waals surface area contributed by atoms with Crippen LogP contribution in [0.25, 0.3) is 17.0 Å². The quantitative estimate of drug-likeness (QED) is 0.432. The highest BCUT2D eigenvalue weighted by atomic mass is 32.2. The van der Waals surface area contributed by atoms with Crippen LogP contribution in [0.1, 0.15) is 22.4 Å². The van der Waals surface area contributed by atoms with Crippen molar-refractivity contribution in [3.05, 3.63) is 88.5 Å². The van der Waals surface area contributed by atoms with Crippen molar-refractivity contribution in [3.63, 3.8) is 0 Å². The van der Waals surface area contributed by atoms with Gasteiger partial charge in [0.25, 0.3) is 11.1 Å². The van der Waals surface area contributed by atoms with Gasteiger partial charge in [0.05, 0.1) is 16.5 Å². The lowest BCUT2D eigenvalue weighted by molar-refractivity contribution is -0.122. The molecule has 0 radical (unpaired) electrons. The lowest BCUT2D eigenvalue weighted by Crippen LogP contribution is -2.27. The Kier molecular flexibility index (Phi) is 5.30. The monoisotopic (exact) mass is 413 g/mol. The van der Waals surface area contributed by atoms with Crippen molar-refractivity contribution in [2.24, 2.45) is 0 Å². The second-order valence-corrected chi connectivity index (χ2v) is 7.95. The third kappa shape index (κ3) is 3.34. The third-order valence-electron chi connectivity index (χ3n) is 5.21. The van der Waals surface area contributed by atoms with Crippen LogP contribution in [0.4, 0.5) is 4.79 Å². The fourth-order valence-electron chi connectivity index (χ4n) is 3.70. The Morgan fingerprint density at radius 1 is 1.13 bits per heavy atom. The summed E-state index contributed by atoms with van der Waals surface area (Å²) in [5, 5.41) is 10.2. The zero-order valence-electron chi connectivity index (χ0n) is 16.5. The molecule has 4 rings (SSSR count). The lowest BCUT2D eigenvalue weighted by Gasteiger charge is -2.10. The number of carbonyl (C=O) groups is 2. The van der Waals surface area contributed by atoms with E-state index in [2.05, 4.69) is 17.2 Å². The molecule has 2 aromatic carbocycles. The molecule has 1 saturated heterocycles. The van der Waals surface area contributed by atoms with Crippen LogP contribution in [0.2, 0.25) is 0 Å². The van der Waals surface area contributed by atoms with Crippen LogP contribution in [-0.4, -0.2) is 27.2 Å². The maximum atomic E-state index is 12.7. The Labute approximate surface area is 178 Å². The highest BCUT2D eigenvalue weighted by Gasteiger charge is 2.34. The van der Waals surface area contributed by atoms with Gasteiger partial charge in [-0.15, -0.1) is 6.58 Å². The summed E-state index contributed by atoms with van der Waals surface area (Å²) in [6.07, 6.45) is 3.35. The summed E-state index contributed by atoms with van der Waals surface area (Å²) >= 11 is 0.952. The molecule has 0 spiro atoms. The van der Waals surface area contributed by atoms with Crippen molar-refractivity contribution >= 4 is 39.9 Å². The predicted molar refractivity (Wildman–Crippen MR) is 120 cm³/mol. The fourth-order valence-corrected chi connectivity index (χ4v) is 4.53. The smallest absolute Gasteiger partial charge is 0.293 e. The fraction of sp³-hybridized carbons (Fsp3) is 0.125. The van der Waals surface area contributed by atoms with Gasteiger partial charge in [-0.3, -0.25) is 14.5 Å². The van der Waals surface area contributed by atoms with Crippen molar-refractivity contribution in [2.45, 2.75) is 13.5 Å². The maximum absolute atomic E-state index is 12.7. The van der Waals surface area contributed by atoms with Crippen molar-refractivity contribution in [3.8, 4) is 6.07 Å². The Hall–Kier alpha value is -3.56. The molecule has 0 unspecified atom stereocenters. The first-order chi connectivity index (χ1) is 14.5. The molecule has 5 nitrogen and oxygen atoms in total. The minimum absolute atomic E-state index is 0.202. The average molecular weight is 414 g/mol. The molecule has 148 valence electrons. The third-order valence-corrected chi connectivity index (χ3v) is 6.11. The first-order valence-corrected chi connectivity index (χ1v) is 10.3. The van der Waals surface area contributed by atoms with E-state index in [0.717, 1.165) is 39.5 Å². The van der Waals surface area contributed by atoms with Gasteiger partial charge in [0.2, 0.25) is 0 Å². The molecule has 0 saturated carbocycles. The average Bonchev–Trinajstić information content (AvgIpc) is 3.17. The number of carbonyl (C=O) groups excluding carboxylic acids is 2. The van der Waals surface area contributed by atoms with E-state index in [-0.39, 0.29) is 17.7 Å². The number of hydrogen-bond acceptors (Lipinski definition) is 4. The first-order valence-electron chi connectivity index (χ1n) is 9.47. The molecule has 2 amide bonds. The molecule has 0 atom stereocenters. The first kappa shape index (κ1) is 19.7. The summed E-state index contributed by atoms with van der Waals surface area (Å²) in [4.78, 5) is 26.5. The number of thioether (sulfide) groups is 1. The van der Waals surface area contributed by atoms with Crippen LogP contribution in [-0.2, 0) is 11.3 Å². The van der Waals surface area contributed by atoms with Gasteiger partial charge in [0.15, 0.2) is 0 Å². The molecule has 0 bridgehead atoms. The van der Waals surface area contributed by atoms with Crippen LogP contribution in [0.15, 0.2) is 66.1 Å². The van der Waals surface area contributed by atoms with Crippen molar-refractivity contribution < 1.29 is 9.59 Å². The molecule has 6 heteroatoms. The van der Waals surface area contributed by atoms with Crippen molar-refractivity contribution in [1.29, 1.82) is 5.26 Å². The molecule has 1 aromatic heterocycles. The minimum atomic E-state index is -0.295. The van der Waals surface area contributed by atoms with Gasteiger partial charge in [0.1, 0.15) is 0 Å². The predicted octanol–water partition coefficient (Wildman–Crippen LogP) is 5.09. The van der Waals surface area contributed by atoms with Crippen LogP contribution >= 0.6 is 11.8 Å². The van der Waals surface area contributed by atoms with Crippen LogP contribution in [0.5, 0.6) is 0 Å². The maximum Gasteiger partial charge on any atom is 0.293 e. The summed E-state index contributed by atoms with van der Waals surface area (Å²) < 4.78 is 2.14. The van der Waals surface area contributed by atoms with Gasteiger partial charge in [-0.05, 0) is 42.5 Å². The Bertz CT molecular complexity index is 1260. The Balaban J connectivity index is 1.82. The second kappa shape index (κ2) is 8.05. The molecule has 0 aliphatic carbocycles. The number of amides is 2. The van der Waals surface area contributed by atoms with Gasteiger partial charge in [0, 0.05) is 35.2 Å². The van der Waals surface area contributed by atoms with Gasteiger partial charge in [-0.2, -0.15) is 5.26 Å². The van der Waals surface area contributed by atoms with E-state index in [9.17, 15) is 14.9 Å². The van der Waals surface area contributed by atoms with Gasteiger partial charge in [-0.1, -0.05) is 42.5 Å². The molecule has 1 fully saturated rings. The van der Waals surface area contributed by atoms with E-state index < -0.39 is 0 Å². The zero-order chi connectivity index (χ0) is 21.3. The molecule has 1 aliphatic heterocycles. The molecule has 0 N–H and O–H groups in total. The van der Waals surface area contributed by atoms with E-state index in [1.165, 1.54) is 4.90 Å². The number of hydrogen-bond donors (Lipinski definition) is 0. The van der Waals surface area contributed by atoms with Gasteiger partial charge >= 0.3 is 0 Å². The number of para-hydroxylation sites is 1. The molecular weight excluding hydrogens is 394 g/mol. The molecule has 30 heavy (non-hydrogen) atoms. The zero-order valence-corrected chi connectivity index (χ0v) is 17.3. The number of nitriles is 1. The van der Waals surface area contributed by atoms with E-state index in [4.69, 9.17) is 0 Å². The summed E-state index contributed by atoms with van der Waals surface area (Å²) in [6, 6.07) is 17.8. The van der Waals surface area contributed by atoms with E-state index in [1.54, 1.807) is 12.2 Å². The number of benzene rings is 2. The van der Waals surface area contributed by atoms with E-state index in [1.807, 2.05) is 55.5 Å². The van der Waals surface area contributed by atoms with Crippen molar-refractivity contribution in [1.82, 2.24) is 9.47 Å². The molecular formula is C24H19N3O2S. The topological polar surface area (TPSA) is 66.1 Å². The molecule has 2 heterocycles. The largest absolute Gasteiger partial charge is 0.340 e. The standard InChI is InChI=1S/C24H19N3O2S/c1-3-12-26-23(28)22(30-24(26)29)13-20-16(2)27(21-11-7-6-10-19(20)21)15-18-9-5-4-8-17(18)14-25/h3-11,13H,1,12,15H2,2H3/b22-13+. The lowest BCUT2D eigenvalue weighted by atomic mass is 10.1. The second-order valence-electron chi connectivity index (χ2n) is 6.95. The van der Waals surface area contributed by atoms with Crippen molar-refractivity contribution in [2.75, 3.05) is 6.54 Å². The number of aromatic nitrogens is 1. The Morgan fingerprint density at radius 3 is 2.63 bits per heavy atom. The normalized spacial score (nSPS) is 15.2. The molecule has 3 aromatic rings. The highest BCUT2D eigenvalue weighted by molar-refractivity contribution is 8.18. The van der Waals surface area contributed by atoms with Crippen LogP contribution in [0.3, 0.4) is 0 Å². The molecule has 1 aliphatic rings. The summed E-state index contributed by atoms with van der Waals surface area (Å²) in [6.45, 7) is 6.35. The summed E-state index contributed by atoms with van der Waals surface area (Å²) in [5.74, 6) is -0.295. The van der Waals surface area contributed by atoms with E-state index >= 15 is 0 Å². The summed E-state index contributed by atoms with van der Waals surface area (Å²) in [7, 11) is 0.